The quantitative estimate of drug-likeness (QED) is 0.389. The summed E-state index contributed by atoms with van der Waals surface area (Å²) in [5.41, 5.74) is 6.89. The summed E-state index contributed by atoms with van der Waals surface area (Å²) in [7, 11) is 0. The van der Waals surface area contributed by atoms with Crippen LogP contribution in [0.25, 0.3) is 0 Å². The first-order valence-electron chi connectivity index (χ1n) is 12.7. The Morgan fingerprint density at radius 2 is 1.53 bits per heavy atom. The minimum absolute atomic E-state index is 0.462. The van der Waals surface area contributed by atoms with Crippen molar-refractivity contribution >= 4 is 5.69 Å². The lowest BCUT2D eigenvalue weighted by atomic mass is 9.67. The molecule has 0 N–H and O–H groups in total. The molecule has 0 radical (unpaired) electrons. The Kier molecular flexibility index (Phi) is 7.18. The van der Waals surface area contributed by atoms with E-state index < -0.39 is 0 Å². The summed E-state index contributed by atoms with van der Waals surface area (Å²) in [6, 6.07) is 18.7. The van der Waals surface area contributed by atoms with Crippen LogP contribution in [0.5, 0.6) is 0 Å². The second-order valence-electron chi connectivity index (χ2n) is 9.86. The van der Waals surface area contributed by atoms with Gasteiger partial charge >= 0.3 is 0 Å². The second-order valence-corrected chi connectivity index (χ2v) is 9.86. The van der Waals surface area contributed by atoms with E-state index in [9.17, 15) is 0 Å². The first kappa shape index (κ1) is 21.5. The highest BCUT2D eigenvalue weighted by molar-refractivity contribution is 5.54. The maximum absolute atomic E-state index is 2.70. The van der Waals surface area contributed by atoms with Crippen LogP contribution in [0, 0.1) is 5.41 Å². The van der Waals surface area contributed by atoms with Crippen LogP contribution >= 0.6 is 0 Å². The molecule has 0 heterocycles. The maximum Gasteiger partial charge on any atom is 0.0398 e. The van der Waals surface area contributed by atoms with E-state index in [2.05, 4.69) is 67.3 Å². The summed E-state index contributed by atoms with van der Waals surface area (Å²) < 4.78 is 0. The Balaban J connectivity index is 1.64. The number of anilines is 1. The van der Waals surface area contributed by atoms with Crippen molar-refractivity contribution in [2.24, 2.45) is 5.41 Å². The fraction of sp³-hybridized carbons (Fsp3) is 0.586. The standard InChI is InChI=1S/C29H41N/c1-3-5-21-30(22-6-4-2)28-16-10-8-14-25(28)23-29(19-11-12-20-29)27-18-17-24-13-7-9-15-26(24)27/h7-10,13-16,27H,3-6,11-12,17-23H2,1-2H3. The molecule has 0 amide bonds. The van der Waals surface area contributed by atoms with Crippen LogP contribution in [-0.4, -0.2) is 13.1 Å². The molecule has 0 aromatic heterocycles. The molecular formula is C29H41N. The van der Waals surface area contributed by atoms with Gasteiger partial charge in [0, 0.05) is 18.8 Å². The van der Waals surface area contributed by atoms with Crippen molar-refractivity contribution in [2.45, 2.75) is 90.4 Å². The van der Waals surface area contributed by atoms with Gasteiger partial charge in [-0.05, 0) is 79.0 Å². The number of benzene rings is 2. The number of nitrogens with zero attached hydrogens (tertiary/aromatic N) is 1. The molecule has 1 nitrogen and oxygen atoms in total. The van der Waals surface area contributed by atoms with Crippen molar-refractivity contribution in [3.05, 3.63) is 65.2 Å². The predicted octanol–water partition coefficient (Wildman–Crippen LogP) is 7.93. The van der Waals surface area contributed by atoms with Gasteiger partial charge in [0.25, 0.3) is 0 Å². The molecule has 1 atom stereocenters. The zero-order valence-corrected chi connectivity index (χ0v) is 19.3. The SMILES string of the molecule is CCCCN(CCCC)c1ccccc1CC1(C2CCc3ccccc32)CCCC1. The van der Waals surface area contributed by atoms with Gasteiger partial charge in [-0.1, -0.05) is 82.0 Å². The molecule has 0 saturated heterocycles. The maximum atomic E-state index is 2.70. The summed E-state index contributed by atoms with van der Waals surface area (Å²) >= 11 is 0. The van der Waals surface area contributed by atoms with E-state index >= 15 is 0 Å². The third kappa shape index (κ3) is 4.46. The van der Waals surface area contributed by atoms with Gasteiger partial charge in [-0.3, -0.25) is 0 Å². The van der Waals surface area contributed by atoms with Gasteiger partial charge in [0.05, 0.1) is 0 Å². The number of hydrogen-bond acceptors (Lipinski definition) is 1. The zero-order valence-electron chi connectivity index (χ0n) is 19.3. The predicted molar refractivity (Wildman–Crippen MR) is 131 cm³/mol. The van der Waals surface area contributed by atoms with Crippen molar-refractivity contribution < 1.29 is 0 Å². The average molecular weight is 404 g/mol. The molecule has 0 bridgehead atoms. The Morgan fingerprint density at radius 3 is 2.27 bits per heavy atom. The van der Waals surface area contributed by atoms with Crippen molar-refractivity contribution in [1.29, 1.82) is 0 Å². The smallest absolute Gasteiger partial charge is 0.0398 e. The van der Waals surface area contributed by atoms with Crippen molar-refractivity contribution in [2.75, 3.05) is 18.0 Å². The van der Waals surface area contributed by atoms with Crippen LogP contribution in [0.2, 0.25) is 0 Å². The average Bonchev–Trinajstić information content (AvgIpc) is 3.42. The Bertz CT molecular complexity index is 794. The Morgan fingerprint density at radius 1 is 0.867 bits per heavy atom. The molecule has 2 aromatic rings. The van der Waals surface area contributed by atoms with Crippen LogP contribution in [0.15, 0.2) is 48.5 Å². The van der Waals surface area contributed by atoms with E-state index in [1.807, 2.05) is 0 Å². The number of hydrogen-bond donors (Lipinski definition) is 0. The van der Waals surface area contributed by atoms with E-state index in [-0.39, 0.29) is 0 Å². The third-order valence-corrected chi connectivity index (χ3v) is 7.91. The molecule has 0 aliphatic heterocycles. The normalized spacial score (nSPS) is 19.7. The van der Waals surface area contributed by atoms with Gasteiger partial charge in [-0.15, -0.1) is 0 Å². The highest BCUT2D eigenvalue weighted by Crippen LogP contribution is 2.56. The minimum Gasteiger partial charge on any atom is -0.371 e. The van der Waals surface area contributed by atoms with Gasteiger partial charge in [0.15, 0.2) is 0 Å². The molecule has 30 heavy (non-hydrogen) atoms. The van der Waals surface area contributed by atoms with E-state index in [4.69, 9.17) is 0 Å². The molecule has 0 spiro atoms. The third-order valence-electron chi connectivity index (χ3n) is 7.91. The fourth-order valence-corrected chi connectivity index (χ4v) is 6.32. The van der Waals surface area contributed by atoms with Crippen LogP contribution in [0.3, 0.4) is 0 Å². The lowest BCUT2D eigenvalue weighted by Gasteiger charge is -2.38. The minimum atomic E-state index is 0.462. The van der Waals surface area contributed by atoms with Crippen LogP contribution in [0.1, 0.15) is 94.2 Å². The second kappa shape index (κ2) is 10.0. The largest absolute Gasteiger partial charge is 0.371 e. The van der Waals surface area contributed by atoms with Gasteiger partial charge in [0.2, 0.25) is 0 Å². The lowest BCUT2D eigenvalue weighted by Crippen LogP contribution is -2.30. The van der Waals surface area contributed by atoms with Gasteiger partial charge in [0.1, 0.15) is 0 Å². The summed E-state index contributed by atoms with van der Waals surface area (Å²) in [4.78, 5) is 2.70. The lowest BCUT2D eigenvalue weighted by molar-refractivity contribution is 0.225. The fourth-order valence-electron chi connectivity index (χ4n) is 6.32. The van der Waals surface area contributed by atoms with Crippen molar-refractivity contribution in [3.8, 4) is 0 Å². The molecule has 1 saturated carbocycles. The Hall–Kier alpha value is -1.76. The summed E-state index contributed by atoms with van der Waals surface area (Å²) in [5.74, 6) is 0.754. The highest BCUT2D eigenvalue weighted by atomic mass is 15.1. The summed E-state index contributed by atoms with van der Waals surface area (Å²) in [5, 5.41) is 0. The molecule has 1 unspecified atom stereocenters. The summed E-state index contributed by atoms with van der Waals surface area (Å²) in [6.45, 7) is 7.03. The molecule has 162 valence electrons. The van der Waals surface area contributed by atoms with Crippen molar-refractivity contribution in [1.82, 2.24) is 0 Å². The monoisotopic (exact) mass is 403 g/mol. The van der Waals surface area contributed by atoms with E-state index in [0.29, 0.717) is 5.41 Å². The molecule has 2 aromatic carbocycles. The van der Waals surface area contributed by atoms with Gasteiger partial charge in [-0.25, -0.2) is 0 Å². The van der Waals surface area contributed by atoms with Crippen molar-refractivity contribution in [3.63, 3.8) is 0 Å². The van der Waals surface area contributed by atoms with Crippen LogP contribution < -0.4 is 4.90 Å². The Labute approximate surface area is 184 Å². The van der Waals surface area contributed by atoms with Crippen LogP contribution in [-0.2, 0) is 12.8 Å². The van der Waals surface area contributed by atoms with Gasteiger partial charge < -0.3 is 4.90 Å². The van der Waals surface area contributed by atoms with E-state index in [1.165, 1.54) is 89.4 Å². The molecule has 1 heteroatoms. The van der Waals surface area contributed by atoms with Gasteiger partial charge in [-0.2, -0.15) is 0 Å². The molecule has 4 rings (SSSR count). The van der Waals surface area contributed by atoms with Crippen LogP contribution in [0.4, 0.5) is 5.69 Å². The molecule has 2 aliphatic rings. The van der Waals surface area contributed by atoms with E-state index in [1.54, 1.807) is 16.7 Å². The highest BCUT2D eigenvalue weighted by Gasteiger charge is 2.44. The number of rotatable bonds is 10. The first-order chi connectivity index (χ1) is 14.8. The number of para-hydroxylation sites is 1. The number of unbranched alkanes of at least 4 members (excludes halogenated alkanes) is 2. The number of aryl methyl sites for hydroxylation is 1. The zero-order chi connectivity index (χ0) is 20.8. The molecule has 1 fully saturated rings. The van der Waals surface area contributed by atoms with E-state index in [0.717, 1.165) is 5.92 Å². The summed E-state index contributed by atoms with van der Waals surface area (Å²) in [6.07, 6.45) is 14.7. The topological polar surface area (TPSA) is 3.24 Å². The number of fused-ring (bicyclic) bond motifs is 1. The molecular weight excluding hydrogens is 362 g/mol. The first-order valence-corrected chi connectivity index (χ1v) is 12.7. The molecule has 2 aliphatic carbocycles.